The van der Waals surface area contributed by atoms with Crippen molar-refractivity contribution in [3.05, 3.63) is 22.4 Å². The molecule has 88 valence electrons. The van der Waals surface area contributed by atoms with Crippen LogP contribution in [-0.2, 0) is 11.3 Å². The molecule has 2 rings (SSSR count). The molecular formula is C11H16N2O2S. The Bertz CT molecular complexity index is 334. The summed E-state index contributed by atoms with van der Waals surface area (Å²) in [5.41, 5.74) is 5.37. The third-order valence-corrected chi connectivity index (χ3v) is 3.55. The lowest BCUT2D eigenvalue weighted by molar-refractivity contribution is 0.0814. The van der Waals surface area contributed by atoms with E-state index in [2.05, 4.69) is 0 Å². The van der Waals surface area contributed by atoms with Crippen molar-refractivity contribution in [2.75, 3.05) is 13.2 Å². The lowest BCUT2D eigenvalue weighted by atomic mass is 10.2. The van der Waals surface area contributed by atoms with Crippen molar-refractivity contribution in [3.8, 4) is 0 Å². The molecular weight excluding hydrogens is 224 g/mol. The van der Waals surface area contributed by atoms with Crippen molar-refractivity contribution in [1.82, 2.24) is 4.90 Å². The minimum absolute atomic E-state index is 0.160. The van der Waals surface area contributed by atoms with Crippen molar-refractivity contribution in [2.45, 2.75) is 25.5 Å². The fourth-order valence-electron chi connectivity index (χ4n) is 1.86. The highest BCUT2D eigenvalue weighted by Gasteiger charge is 2.21. The van der Waals surface area contributed by atoms with Gasteiger partial charge in [0.15, 0.2) is 0 Å². The third-order valence-electron chi connectivity index (χ3n) is 2.69. The largest absolute Gasteiger partial charge is 0.376 e. The van der Waals surface area contributed by atoms with Gasteiger partial charge < -0.3 is 15.4 Å². The first kappa shape index (κ1) is 11.4. The summed E-state index contributed by atoms with van der Waals surface area (Å²) in [5, 5.41) is 2.00. The number of nitrogens with zero attached hydrogens (tertiary/aromatic N) is 1. The fraction of sp³-hybridized carbons (Fsp3) is 0.545. The zero-order valence-corrected chi connectivity index (χ0v) is 9.91. The average molecular weight is 240 g/mol. The van der Waals surface area contributed by atoms with Crippen LogP contribution in [0.25, 0.3) is 0 Å². The Hall–Kier alpha value is -1.07. The zero-order chi connectivity index (χ0) is 11.4. The van der Waals surface area contributed by atoms with Crippen LogP contribution < -0.4 is 5.73 Å². The van der Waals surface area contributed by atoms with Gasteiger partial charge in [0.05, 0.1) is 12.6 Å². The van der Waals surface area contributed by atoms with Gasteiger partial charge in [0.2, 0.25) is 0 Å². The van der Waals surface area contributed by atoms with E-state index >= 15 is 0 Å². The minimum atomic E-state index is -0.371. The van der Waals surface area contributed by atoms with Crippen LogP contribution in [0.1, 0.15) is 17.7 Å². The van der Waals surface area contributed by atoms with Crippen LogP contribution >= 0.6 is 11.3 Å². The Morgan fingerprint density at radius 1 is 1.69 bits per heavy atom. The normalized spacial score (nSPS) is 19.9. The van der Waals surface area contributed by atoms with E-state index in [0.717, 1.165) is 24.3 Å². The second-order valence-electron chi connectivity index (χ2n) is 3.93. The van der Waals surface area contributed by atoms with Gasteiger partial charge in [-0.25, -0.2) is 4.79 Å². The highest BCUT2D eigenvalue weighted by Crippen LogP contribution is 2.16. The third kappa shape index (κ3) is 2.96. The quantitative estimate of drug-likeness (QED) is 0.872. The summed E-state index contributed by atoms with van der Waals surface area (Å²) in [6.07, 6.45) is 2.26. The Morgan fingerprint density at radius 3 is 3.12 bits per heavy atom. The van der Waals surface area contributed by atoms with E-state index in [9.17, 15) is 4.79 Å². The van der Waals surface area contributed by atoms with Crippen LogP contribution in [0.2, 0.25) is 0 Å². The van der Waals surface area contributed by atoms with Crippen molar-refractivity contribution >= 4 is 17.4 Å². The summed E-state index contributed by atoms with van der Waals surface area (Å²) in [5.74, 6) is 0. The van der Waals surface area contributed by atoms with Crippen molar-refractivity contribution in [1.29, 1.82) is 0 Å². The molecule has 4 nitrogen and oxygen atoms in total. The van der Waals surface area contributed by atoms with Gasteiger partial charge in [0.25, 0.3) is 0 Å². The smallest absolute Gasteiger partial charge is 0.315 e. The molecule has 0 radical (unpaired) electrons. The summed E-state index contributed by atoms with van der Waals surface area (Å²) < 4.78 is 5.51. The molecule has 2 heterocycles. The van der Waals surface area contributed by atoms with Gasteiger partial charge in [-0.2, -0.15) is 0 Å². The number of amides is 2. The minimum Gasteiger partial charge on any atom is -0.376 e. The predicted octanol–water partition coefficient (Wildman–Crippen LogP) is 1.81. The molecule has 1 aromatic rings. The lowest BCUT2D eigenvalue weighted by Crippen LogP contribution is -2.40. The maximum Gasteiger partial charge on any atom is 0.315 e. The topological polar surface area (TPSA) is 55.6 Å². The van der Waals surface area contributed by atoms with Crippen LogP contribution in [0, 0.1) is 0 Å². The van der Waals surface area contributed by atoms with E-state index in [1.165, 1.54) is 0 Å². The first-order chi connectivity index (χ1) is 7.75. The standard InChI is InChI=1S/C11H16N2O2S/c12-11(14)13(7-9-3-1-5-15-9)8-10-4-2-6-16-10/h2,4,6,9H,1,3,5,7-8H2,(H2,12,14)/t9-/m0/s1. The van der Waals surface area contributed by atoms with Crippen LogP contribution in [-0.4, -0.2) is 30.2 Å². The molecule has 0 aliphatic carbocycles. The monoisotopic (exact) mass is 240 g/mol. The van der Waals surface area contributed by atoms with E-state index in [1.54, 1.807) is 16.2 Å². The van der Waals surface area contributed by atoms with E-state index in [0.29, 0.717) is 13.1 Å². The highest BCUT2D eigenvalue weighted by atomic mass is 32.1. The predicted molar refractivity (Wildman–Crippen MR) is 63.3 cm³/mol. The molecule has 2 amide bonds. The molecule has 0 spiro atoms. The Morgan fingerprint density at radius 2 is 2.56 bits per heavy atom. The van der Waals surface area contributed by atoms with Gasteiger partial charge in [-0.05, 0) is 24.3 Å². The molecule has 5 heteroatoms. The van der Waals surface area contributed by atoms with Gasteiger partial charge in [-0.3, -0.25) is 0 Å². The molecule has 1 aromatic heterocycles. The number of nitrogens with two attached hydrogens (primary N) is 1. The average Bonchev–Trinajstić information content (AvgIpc) is 2.88. The highest BCUT2D eigenvalue weighted by molar-refractivity contribution is 7.09. The van der Waals surface area contributed by atoms with E-state index < -0.39 is 0 Å². The number of thiophene rings is 1. The summed E-state index contributed by atoms with van der Waals surface area (Å²) in [6, 6.07) is 3.62. The maximum absolute atomic E-state index is 11.3. The van der Waals surface area contributed by atoms with Crippen LogP contribution in [0.5, 0.6) is 0 Å². The molecule has 1 aliphatic rings. The number of rotatable bonds is 4. The summed E-state index contributed by atoms with van der Waals surface area (Å²) in [4.78, 5) is 14.1. The summed E-state index contributed by atoms with van der Waals surface area (Å²) in [7, 11) is 0. The number of hydrogen-bond donors (Lipinski definition) is 1. The molecule has 1 fully saturated rings. The first-order valence-corrected chi connectivity index (χ1v) is 6.32. The van der Waals surface area contributed by atoms with Crippen molar-refractivity contribution in [2.24, 2.45) is 5.73 Å². The summed E-state index contributed by atoms with van der Waals surface area (Å²) >= 11 is 1.64. The maximum atomic E-state index is 11.3. The molecule has 0 saturated carbocycles. The van der Waals surface area contributed by atoms with E-state index in [1.807, 2.05) is 17.5 Å². The number of carbonyl (C=O) groups excluding carboxylic acids is 1. The molecule has 0 aromatic carbocycles. The molecule has 0 unspecified atom stereocenters. The molecule has 2 N–H and O–H groups in total. The van der Waals surface area contributed by atoms with Gasteiger partial charge in [0, 0.05) is 18.0 Å². The number of urea groups is 1. The second kappa shape index (κ2) is 5.32. The van der Waals surface area contributed by atoms with Gasteiger partial charge >= 0.3 is 6.03 Å². The van der Waals surface area contributed by atoms with Crippen LogP contribution in [0.3, 0.4) is 0 Å². The first-order valence-electron chi connectivity index (χ1n) is 5.44. The molecule has 1 saturated heterocycles. The Labute approximate surface area is 99.0 Å². The zero-order valence-electron chi connectivity index (χ0n) is 9.09. The van der Waals surface area contributed by atoms with Crippen molar-refractivity contribution < 1.29 is 9.53 Å². The Balaban J connectivity index is 1.91. The van der Waals surface area contributed by atoms with Crippen LogP contribution in [0.4, 0.5) is 4.79 Å². The molecule has 1 atom stereocenters. The van der Waals surface area contributed by atoms with Crippen LogP contribution in [0.15, 0.2) is 17.5 Å². The number of hydrogen-bond acceptors (Lipinski definition) is 3. The molecule has 16 heavy (non-hydrogen) atoms. The van der Waals surface area contributed by atoms with E-state index in [-0.39, 0.29) is 12.1 Å². The molecule has 0 bridgehead atoms. The van der Waals surface area contributed by atoms with Crippen molar-refractivity contribution in [3.63, 3.8) is 0 Å². The number of primary amides is 1. The Kier molecular flexibility index (Phi) is 3.79. The fourth-order valence-corrected chi connectivity index (χ4v) is 2.58. The number of ether oxygens (including phenoxy) is 1. The van der Waals surface area contributed by atoms with E-state index in [4.69, 9.17) is 10.5 Å². The summed E-state index contributed by atoms with van der Waals surface area (Å²) in [6.45, 7) is 2.00. The second-order valence-corrected chi connectivity index (χ2v) is 4.97. The SMILES string of the molecule is NC(=O)N(Cc1cccs1)C[C@@H]1CCCO1. The van der Waals surface area contributed by atoms with Gasteiger partial charge in [-0.15, -0.1) is 11.3 Å². The molecule has 1 aliphatic heterocycles. The number of carbonyl (C=O) groups is 1. The van der Waals surface area contributed by atoms with Gasteiger partial charge in [0.1, 0.15) is 0 Å². The lowest BCUT2D eigenvalue weighted by Gasteiger charge is -2.22. The van der Waals surface area contributed by atoms with Gasteiger partial charge in [-0.1, -0.05) is 6.07 Å².